The average molecular weight is 414 g/mol. The molecule has 1 aliphatic heterocycles. The Hall–Kier alpha value is -1.88. The molecule has 4 nitrogen and oxygen atoms in total. The molecule has 2 bridgehead atoms. The minimum absolute atomic E-state index is 0.108. The number of carbonyl (C=O) groups is 1. The molecule has 3 atom stereocenters. The summed E-state index contributed by atoms with van der Waals surface area (Å²) in [6.45, 7) is 5.34. The van der Waals surface area contributed by atoms with Gasteiger partial charge in [0, 0.05) is 24.6 Å². The summed E-state index contributed by atoms with van der Waals surface area (Å²) >= 11 is 0. The Morgan fingerprint density at radius 1 is 1.37 bits per heavy atom. The van der Waals surface area contributed by atoms with Gasteiger partial charge in [0.05, 0.1) is 17.8 Å². The smallest absolute Gasteiger partial charge is 0.256 e. The van der Waals surface area contributed by atoms with Crippen LogP contribution in [0.15, 0.2) is 23.8 Å². The van der Waals surface area contributed by atoms with Gasteiger partial charge < -0.3 is 14.7 Å². The highest BCUT2D eigenvalue weighted by molar-refractivity contribution is 5.95. The van der Waals surface area contributed by atoms with Crippen molar-refractivity contribution >= 4 is 5.91 Å². The molecule has 1 aromatic rings. The molecular weight excluding hydrogens is 381 g/mol. The molecule has 30 heavy (non-hydrogen) atoms. The van der Waals surface area contributed by atoms with Gasteiger partial charge in [-0.15, -0.1) is 0 Å². The monoisotopic (exact) mass is 413 g/mol. The second-order valence-corrected chi connectivity index (χ2v) is 10.7. The van der Waals surface area contributed by atoms with E-state index in [4.69, 9.17) is 4.74 Å². The molecule has 162 valence electrons. The van der Waals surface area contributed by atoms with E-state index in [0.29, 0.717) is 37.2 Å². The van der Waals surface area contributed by atoms with Crippen LogP contribution in [-0.2, 0) is 0 Å². The topological polar surface area (TPSA) is 49.8 Å². The van der Waals surface area contributed by atoms with Gasteiger partial charge in [0.25, 0.3) is 5.91 Å². The highest BCUT2D eigenvalue weighted by atomic mass is 19.1. The summed E-state index contributed by atoms with van der Waals surface area (Å²) in [6, 6.07) is 3.15. The zero-order valence-electron chi connectivity index (χ0n) is 18.0. The first kappa shape index (κ1) is 20.0. The Bertz CT molecular complexity index is 904. The van der Waals surface area contributed by atoms with Gasteiger partial charge in [-0.1, -0.05) is 18.6 Å². The van der Waals surface area contributed by atoms with Crippen LogP contribution in [0.1, 0.15) is 80.6 Å². The first-order valence-electron chi connectivity index (χ1n) is 11.4. The van der Waals surface area contributed by atoms with Crippen molar-refractivity contribution in [2.24, 2.45) is 11.3 Å². The molecule has 3 unspecified atom stereocenters. The highest BCUT2D eigenvalue weighted by Gasteiger charge is 2.41. The molecule has 0 aromatic heterocycles. The molecule has 1 aromatic carbocycles. The molecule has 3 fully saturated rings. The van der Waals surface area contributed by atoms with Gasteiger partial charge >= 0.3 is 0 Å². The van der Waals surface area contributed by atoms with Crippen LogP contribution in [0.4, 0.5) is 4.39 Å². The lowest BCUT2D eigenvalue weighted by molar-refractivity contribution is 0.0569. The number of nitrogens with zero attached hydrogens (tertiary/aromatic N) is 1. The molecule has 1 N–H and O–H groups in total. The standard InChI is InChI=1S/C25H32FNO3/c1-16-9-17-5-6-25(12-16,13-17)15-30-22-11-21(26)20(10-19(22)18-3-4-18)23(28)27-8-7-24(2,29)14-27/h5,10-11,16,18,29H,3-4,6-9,12-15H2,1-2H3. The number of aliphatic hydroxyl groups is 1. The lowest BCUT2D eigenvalue weighted by Crippen LogP contribution is -2.34. The van der Waals surface area contributed by atoms with Crippen molar-refractivity contribution in [1.82, 2.24) is 4.90 Å². The van der Waals surface area contributed by atoms with Crippen molar-refractivity contribution in [2.45, 2.75) is 70.3 Å². The molecule has 5 rings (SSSR count). The Balaban J connectivity index is 1.36. The quantitative estimate of drug-likeness (QED) is 0.705. The minimum Gasteiger partial charge on any atom is -0.493 e. The van der Waals surface area contributed by atoms with Crippen LogP contribution in [-0.4, -0.2) is 41.2 Å². The van der Waals surface area contributed by atoms with E-state index in [9.17, 15) is 9.90 Å². The summed E-state index contributed by atoms with van der Waals surface area (Å²) in [4.78, 5) is 14.5. The molecule has 4 aliphatic rings. The maximum atomic E-state index is 15.0. The van der Waals surface area contributed by atoms with Gasteiger partial charge in [0.1, 0.15) is 11.6 Å². The fourth-order valence-electron chi connectivity index (χ4n) is 5.82. The fourth-order valence-corrected chi connectivity index (χ4v) is 5.82. The van der Waals surface area contributed by atoms with Crippen LogP contribution in [0.2, 0.25) is 0 Å². The van der Waals surface area contributed by atoms with Crippen molar-refractivity contribution in [3.8, 4) is 5.75 Å². The number of likely N-dealkylation sites (tertiary alicyclic amines) is 1. The second-order valence-electron chi connectivity index (χ2n) is 10.7. The lowest BCUT2D eigenvalue weighted by Gasteiger charge is -2.36. The molecule has 1 saturated heterocycles. The van der Waals surface area contributed by atoms with Crippen molar-refractivity contribution in [2.75, 3.05) is 19.7 Å². The van der Waals surface area contributed by atoms with Crippen molar-refractivity contribution in [1.29, 1.82) is 0 Å². The number of allylic oxidation sites excluding steroid dienone is 2. The zero-order valence-corrected chi connectivity index (χ0v) is 18.0. The SMILES string of the molecule is CC1CC2=CCC(COc3cc(F)c(C(=O)N4CCC(C)(O)C4)cc3C3CC3)(C2)C1. The Morgan fingerprint density at radius 3 is 2.87 bits per heavy atom. The Kier molecular flexibility index (Phi) is 4.73. The van der Waals surface area contributed by atoms with E-state index in [1.165, 1.54) is 12.5 Å². The fraction of sp³-hybridized carbons (Fsp3) is 0.640. The first-order chi connectivity index (χ1) is 14.2. The van der Waals surface area contributed by atoms with E-state index >= 15 is 4.39 Å². The number of rotatable bonds is 5. The molecule has 0 spiro atoms. The molecule has 5 heteroatoms. The predicted molar refractivity (Wildman–Crippen MR) is 113 cm³/mol. The number of β-amino-alcohol motifs (C(OH)–C–C–N with tert-alkyl or cyclic N) is 1. The largest absolute Gasteiger partial charge is 0.493 e. The summed E-state index contributed by atoms with van der Waals surface area (Å²) in [5.74, 6) is 0.789. The van der Waals surface area contributed by atoms with E-state index in [2.05, 4.69) is 13.0 Å². The van der Waals surface area contributed by atoms with Crippen LogP contribution in [0.25, 0.3) is 0 Å². The molecule has 1 amide bonds. The Labute approximate surface area is 178 Å². The number of benzene rings is 1. The van der Waals surface area contributed by atoms with Crippen molar-refractivity contribution < 1.29 is 19.0 Å². The first-order valence-corrected chi connectivity index (χ1v) is 11.4. The van der Waals surface area contributed by atoms with Gasteiger partial charge in [-0.05, 0) is 75.3 Å². The van der Waals surface area contributed by atoms with Crippen LogP contribution in [0, 0.1) is 17.2 Å². The van der Waals surface area contributed by atoms with E-state index in [1.54, 1.807) is 23.5 Å². The molecule has 2 saturated carbocycles. The molecule has 1 heterocycles. The van der Waals surface area contributed by atoms with E-state index in [-0.39, 0.29) is 23.4 Å². The Morgan fingerprint density at radius 2 is 2.17 bits per heavy atom. The minimum atomic E-state index is -0.890. The van der Waals surface area contributed by atoms with Gasteiger partial charge in [-0.25, -0.2) is 4.39 Å². The third-order valence-corrected chi connectivity index (χ3v) is 7.44. The third-order valence-electron chi connectivity index (χ3n) is 7.44. The number of carbonyl (C=O) groups excluding carboxylic acids is 1. The maximum Gasteiger partial charge on any atom is 0.256 e. The van der Waals surface area contributed by atoms with Crippen LogP contribution < -0.4 is 4.74 Å². The summed E-state index contributed by atoms with van der Waals surface area (Å²) in [7, 11) is 0. The summed E-state index contributed by atoms with van der Waals surface area (Å²) in [6.07, 6.45) is 9.52. The number of hydrogen-bond acceptors (Lipinski definition) is 3. The molecule has 0 radical (unpaired) electrons. The number of halogens is 1. The zero-order chi connectivity index (χ0) is 21.1. The summed E-state index contributed by atoms with van der Waals surface area (Å²) in [5, 5.41) is 10.2. The van der Waals surface area contributed by atoms with Gasteiger partial charge in [0.2, 0.25) is 0 Å². The number of hydrogen-bond donors (Lipinski definition) is 1. The van der Waals surface area contributed by atoms with Gasteiger partial charge in [0.15, 0.2) is 0 Å². The summed E-state index contributed by atoms with van der Waals surface area (Å²) < 4.78 is 21.3. The lowest BCUT2D eigenvalue weighted by atomic mass is 9.72. The highest BCUT2D eigenvalue weighted by Crippen LogP contribution is 2.51. The molecule has 3 aliphatic carbocycles. The van der Waals surface area contributed by atoms with Gasteiger partial charge in [-0.2, -0.15) is 0 Å². The maximum absolute atomic E-state index is 15.0. The van der Waals surface area contributed by atoms with Crippen LogP contribution >= 0.6 is 0 Å². The van der Waals surface area contributed by atoms with Crippen LogP contribution in [0.3, 0.4) is 0 Å². The predicted octanol–water partition coefficient (Wildman–Crippen LogP) is 4.82. The normalized spacial score (nSPS) is 33.0. The average Bonchev–Trinajstić information content (AvgIpc) is 3.39. The number of amides is 1. The number of ether oxygens (including phenoxy) is 1. The summed E-state index contributed by atoms with van der Waals surface area (Å²) in [5.41, 5.74) is 1.89. The van der Waals surface area contributed by atoms with Crippen molar-refractivity contribution in [3.63, 3.8) is 0 Å². The third kappa shape index (κ3) is 3.77. The van der Waals surface area contributed by atoms with E-state index in [1.807, 2.05) is 0 Å². The van der Waals surface area contributed by atoms with Crippen molar-refractivity contribution in [3.05, 3.63) is 40.7 Å². The van der Waals surface area contributed by atoms with Gasteiger partial charge in [-0.3, -0.25) is 4.79 Å². The number of fused-ring (bicyclic) bond motifs is 2. The van der Waals surface area contributed by atoms with Crippen LogP contribution in [0.5, 0.6) is 5.75 Å². The second kappa shape index (κ2) is 7.08. The van der Waals surface area contributed by atoms with E-state index in [0.717, 1.165) is 37.7 Å². The molecular formula is C25H32FNO3. The van der Waals surface area contributed by atoms with E-state index < -0.39 is 11.4 Å².